The monoisotopic (exact) mass is 336 g/mol. The molecule has 0 bridgehead atoms. The number of hydrogen-bond acceptors (Lipinski definition) is 2. The van der Waals surface area contributed by atoms with E-state index in [2.05, 4.69) is 5.32 Å². The molecule has 1 saturated heterocycles. The second kappa shape index (κ2) is 8.08. The maximum atomic E-state index is 12.4. The first-order chi connectivity index (χ1) is 9.11. The van der Waals surface area contributed by atoms with Gasteiger partial charge in [-0.2, -0.15) is 0 Å². The van der Waals surface area contributed by atoms with Crippen molar-refractivity contribution in [2.24, 2.45) is 5.92 Å². The lowest BCUT2D eigenvalue weighted by Gasteiger charge is -2.32. The summed E-state index contributed by atoms with van der Waals surface area (Å²) in [5.74, 6) is 0.638. The standard InChI is InChI=1S/C14H18Cl2N2O.ClH/c1-17-9-10-4-6-18(7-5-10)14(19)12-8-11(15)2-3-13(12)16;/h2-3,8,10,17H,4-7,9H2,1H3;1H. The van der Waals surface area contributed by atoms with Gasteiger partial charge in [-0.25, -0.2) is 0 Å². The van der Waals surface area contributed by atoms with Crippen LogP contribution < -0.4 is 5.32 Å². The molecule has 1 aromatic carbocycles. The number of nitrogens with zero attached hydrogens (tertiary/aromatic N) is 1. The van der Waals surface area contributed by atoms with E-state index >= 15 is 0 Å². The summed E-state index contributed by atoms with van der Waals surface area (Å²) in [7, 11) is 1.96. The molecule has 0 saturated carbocycles. The summed E-state index contributed by atoms with van der Waals surface area (Å²) < 4.78 is 0. The summed E-state index contributed by atoms with van der Waals surface area (Å²) in [4.78, 5) is 14.3. The Morgan fingerprint density at radius 2 is 2.00 bits per heavy atom. The molecule has 0 aliphatic carbocycles. The van der Waals surface area contributed by atoms with E-state index in [0.29, 0.717) is 21.5 Å². The number of benzene rings is 1. The molecule has 6 heteroatoms. The predicted octanol–water partition coefficient (Wildman–Crippen LogP) is 3.49. The van der Waals surface area contributed by atoms with E-state index in [1.54, 1.807) is 18.2 Å². The molecule has 1 aromatic rings. The molecule has 0 atom stereocenters. The average Bonchev–Trinajstić information content (AvgIpc) is 2.42. The van der Waals surface area contributed by atoms with Gasteiger partial charge in [0.15, 0.2) is 0 Å². The summed E-state index contributed by atoms with van der Waals surface area (Å²) in [5.41, 5.74) is 0.501. The van der Waals surface area contributed by atoms with Crippen LogP contribution in [-0.4, -0.2) is 37.5 Å². The Kier molecular flexibility index (Phi) is 7.10. The molecule has 112 valence electrons. The predicted molar refractivity (Wildman–Crippen MR) is 86.3 cm³/mol. The number of halogens is 3. The molecule has 1 amide bonds. The van der Waals surface area contributed by atoms with Gasteiger partial charge < -0.3 is 10.2 Å². The lowest BCUT2D eigenvalue weighted by Crippen LogP contribution is -2.40. The Labute approximate surface area is 136 Å². The van der Waals surface area contributed by atoms with E-state index in [9.17, 15) is 4.79 Å². The van der Waals surface area contributed by atoms with Crippen LogP contribution in [0.1, 0.15) is 23.2 Å². The van der Waals surface area contributed by atoms with E-state index in [-0.39, 0.29) is 18.3 Å². The Balaban J connectivity index is 0.00000200. The molecular weight excluding hydrogens is 319 g/mol. The van der Waals surface area contributed by atoms with Crippen molar-refractivity contribution < 1.29 is 4.79 Å². The first kappa shape index (κ1) is 17.6. The van der Waals surface area contributed by atoms with Crippen molar-refractivity contribution in [3.05, 3.63) is 33.8 Å². The number of likely N-dealkylation sites (tertiary alicyclic amines) is 1. The summed E-state index contributed by atoms with van der Waals surface area (Å²) >= 11 is 12.0. The van der Waals surface area contributed by atoms with Gasteiger partial charge in [0.1, 0.15) is 0 Å². The van der Waals surface area contributed by atoms with Gasteiger partial charge in [0, 0.05) is 18.1 Å². The van der Waals surface area contributed by atoms with Crippen molar-refractivity contribution in [3.63, 3.8) is 0 Å². The topological polar surface area (TPSA) is 32.3 Å². The fourth-order valence-corrected chi connectivity index (χ4v) is 2.83. The Morgan fingerprint density at radius 1 is 1.35 bits per heavy atom. The number of carbonyl (C=O) groups is 1. The molecular formula is C14H19Cl3N2O. The molecule has 20 heavy (non-hydrogen) atoms. The molecule has 0 aromatic heterocycles. The van der Waals surface area contributed by atoms with Gasteiger partial charge in [-0.1, -0.05) is 23.2 Å². The zero-order valence-electron chi connectivity index (χ0n) is 11.4. The van der Waals surface area contributed by atoms with Crippen LogP contribution in [-0.2, 0) is 0 Å². The van der Waals surface area contributed by atoms with Gasteiger partial charge in [-0.15, -0.1) is 12.4 Å². The second-order valence-corrected chi connectivity index (χ2v) is 5.76. The summed E-state index contributed by atoms with van der Waals surface area (Å²) in [6.45, 7) is 2.59. The van der Waals surface area contributed by atoms with Crippen molar-refractivity contribution in [1.82, 2.24) is 10.2 Å². The smallest absolute Gasteiger partial charge is 0.255 e. The summed E-state index contributed by atoms with van der Waals surface area (Å²) in [5, 5.41) is 4.19. The lowest BCUT2D eigenvalue weighted by molar-refractivity contribution is 0.0691. The highest BCUT2D eigenvalue weighted by Crippen LogP contribution is 2.24. The minimum absolute atomic E-state index is 0. The van der Waals surface area contributed by atoms with Gasteiger partial charge in [-0.3, -0.25) is 4.79 Å². The number of nitrogens with one attached hydrogen (secondary N) is 1. The third-order valence-corrected chi connectivity index (χ3v) is 4.12. The van der Waals surface area contributed by atoms with Crippen molar-refractivity contribution in [2.45, 2.75) is 12.8 Å². The van der Waals surface area contributed by atoms with Gasteiger partial charge in [0.2, 0.25) is 0 Å². The minimum Gasteiger partial charge on any atom is -0.339 e. The van der Waals surface area contributed by atoms with Gasteiger partial charge in [0.05, 0.1) is 10.6 Å². The van der Waals surface area contributed by atoms with Gasteiger partial charge in [-0.05, 0) is 50.6 Å². The normalized spacial score (nSPS) is 15.8. The van der Waals surface area contributed by atoms with Crippen LogP contribution in [0.15, 0.2) is 18.2 Å². The van der Waals surface area contributed by atoms with Crippen LogP contribution in [0, 0.1) is 5.92 Å². The maximum absolute atomic E-state index is 12.4. The zero-order chi connectivity index (χ0) is 13.8. The third kappa shape index (κ3) is 4.26. The number of amides is 1. The molecule has 3 nitrogen and oxygen atoms in total. The van der Waals surface area contributed by atoms with Crippen molar-refractivity contribution >= 4 is 41.5 Å². The van der Waals surface area contributed by atoms with Gasteiger partial charge >= 0.3 is 0 Å². The Morgan fingerprint density at radius 3 is 2.60 bits per heavy atom. The van der Waals surface area contributed by atoms with Crippen molar-refractivity contribution in [2.75, 3.05) is 26.7 Å². The highest BCUT2D eigenvalue weighted by atomic mass is 35.5. The first-order valence-corrected chi connectivity index (χ1v) is 7.26. The fraction of sp³-hybridized carbons (Fsp3) is 0.500. The SMILES string of the molecule is CNCC1CCN(C(=O)c2cc(Cl)ccc2Cl)CC1.Cl. The molecule has 1 fully saturated rings. The number of hydrogen-bond donors (Lipinski definition) is 1. The summed E-state index contributed by atoms with van der Waals surface area (Å²) in [6, 6.07) is 5.01. The van der Waals surface area contributed by atoms with E-state index in [1.807, 2.05) is 11.9 Å². The fourth-order valence-electron chi connectivity index (χ4n) is 2.46. The maximum Gasteiger partial charge on any atom is 0.255 e. The molecule has 1 aliphatic heterocycles. The molecule has 0 unspecified atom stereocenters. The van der Waals surface area contributed by atoms with E-state index in [0.717, 1.165) is 32.5 Å². The van der Waals surface area contributed by atoms with Crippen LogP contribution in [0.4, 0.5) is 0 Å². The van der Waals surface area contributed by atoms with Crippen LogP contribution in [0.3, 0.4) is 0 Å². The van der Waals surface area contributed by atoms with Crippen LogP contribution in [0.25, 0.3) is 0 Å². The molecule has 0 radical (unpaired) electrons. The number of rotatable bonds is 3. The van der Waals surface area contributed by atoms with Crippen molar-refractivity contribution in [3.8, 4) is 0 Å². The summed E-state index contributed by atoms with van der Waals surface area (Å²) in [6.07, 6.45) is 2.07. The Hall–Kier alpha value is -0.480. The van der Waals surface area contributed by atoms with Gasteiger partial charge in [0.25, 0.3) is 5.91 Å². The van der Waals surface area contributed by atoms with E-state index in [4.69, 9.17) is 23.2 Å². The largest absolute Gasteiger partial charge is 0.339 e. The molecule has 1 N–H and O–H groups in total. The van der Waals surface area contributed by atoms with E-state index < -0.39 is 0 Å². The highest BCUT2D eigenvalue weighted by molar-refractivity contribution is 6.35. The number of piperidine rings is 1. The van der Waals surface area contributed by atoms with Crippen LogP contribution >= 0.6 is 35.6 Å². The second-order valence-electron chi connectivity index (χ2n) is 4.92. The number of carbonyl (C=O) groups excluding carboxylic acids is 1. The molecule has 2 rings (SSSR count). The molecule has 1 heterocycles. The molecule has 1 aliphatic rings. The van der Waals surface area contributed by atoms with Crippen molar-refractivity contribution in [1.29, 1.82) is 0 Å². The zero-order valence-corrected chi connectivity index (χ0v) is 13.7. The highest BCUT2D eigenvalue weighted by Gasteiger charge is 2.24. The minimum atomic E-state index is -0.0181. The van der Waals surface area contributed by atoms with Crippen LogP contribution in [0.5, 0.6) is 0 Å². The quantitative estimate of drug-likeness (QED) is 0.915. The van der Waals surface area contributed by atoms with Crippen LogP contribution in [0.2, 0.25) is 10.0 Å². The van der Waals surface area contributed by atoms with E-state index in [1.165, 1.54) is 0 Å². The first-order valence-electron chi connectivity index (χ1n) is 6.50. The average molecular weight is 338 g/mol. The third-order valence-electron chi connectivity index (χ3n) is 3.55. The molecule has 0 spiro atoms. The Bertz CT molecular complexity index is 460. The lowest BCUT2D eigenvalue weighted by atomic mass is 9.96.